The number of ether oxygens (including phenoxy) is 2. The molecule has 1 N–H and O–H groups in total. The van der Waals surface area contributed by atoms with Crippen LogP contribution < -0.4 is 10.1 Å². The predicted molar refractivity (Wildman–Crippen MR) is 96.1 cm³/mol. The van der Waals surface area contributed by atoms with Gasteiger partial charge >= 0.3 is 0 Å². The van der Waals surface area contributed by atoms with Crippen LogP contribution in [-0.2, 0) is 11.3 Å². The maximum Gasteiger partial charge on any atom is 0.193 e. The third kappa shape index (κ3) is 7.88. The lowest BCUT2D eigenvalue weighted by Gasteiger charge is -2.22. The van der Waals surface area contributed by atoms with E-state index in [0.29, 0.717) is 6.61 Å². The quantitative estimate of drug-likeness (QED) is 0.431. The smallest absolute Gasteiger partial charge is 0.193 e. The van der Waals surface area contributed by atoms with Crippen LogP contribution in [0.15, 0.2) is 29.3 Å². The van der Waals surface area contributed by atoms with Gasteiger partial charge < -0.3 is 19.7 Å². The molecule has 23 heavy (non-hydrogen) atoms. The molecule has 1 aromatic rings. The fourth-order valence-electron chi connectivity index (χ4n) is 2.18. The van der Waals surface area contributed by atoms with Crippen molar-refractivity contribution in [3.63, 3.8) is 0 Å². The van der Waals surface area contributed by atoms with E-state index in [1.54, 1.807) is 0 Å². The molecule has 0 unspecified atom stereocenters. The van der Waals surface area contributed by atoms with Crippen LogP contribution in [0.25, 0.3) is 0 Å². The number of rotatable bonds is 9. The molecule has 0 heterocycles. The van der Waals surface area contributed by atoms with E-state index in [2.05, 4.69) is 41.2 Å². The number of hydrogen-bond acceptors (Lipinski definition) is 3. The lowest BCUT2D eigenvalue weighted by atomic mass is 10.2. The zero-order chi connectivity index (χ0) is 17.1. The first-order valence-corrected chi connectivity index (χ1v) is 8.32. The van der Waals surface area contributed by atoms with Gasteiger partial charge in [-0.05, 0) is 44.9 Å². The highest BCUT2D eigenvalue weighted by Gasteiger charge is 2.06. The Morgan fingerprint density at radius 1 is 1.26 bits per heavy atom. The third-order valence-electron chi connectivity index (χ3n) is 3.28. The van der Waals surface area contributed by atoms with E-state index in [0.717, 1.165) is 37.8 Å². The minimum absolute atomic E-state index is 0.289. The Kier molecular flexibility index (Phi) is 9.14. The summed E-state index contributed by atoms with van der Waals surface area (Å²) in [6, 6.07) is 8.19. The number of nitrogens with zero attached hydrogens (tertiary/aromatic N) is 2. The highest BCUT2D eigenvalue weighted by atomic mass is 16.5. The fourth-order valence-corrected chi connectivity index (χ4v) is 2.18. The second-order valence-electron chi connectivity index (χ2n) is 5.68. The van der Waals surface area contributed by atoms with Crippen molar-refractivity contribution >= 4 is 5.96 Å². The van der Waals surface area contributed by atoms with Crippen molar-refractivity contribution in [1.29, 1.82) is 0 Å². The van der Waals surface area contributed by atoms with Gasteiger partial charge in [-0.3, -0.25) is 4.99 Å². The van der Waals surface area contributed by atoms with Gasteiger partial charge in [-0.2, -0.15) is 0 Å². The average Bonchev–Trinajstić information content (AvgIpc) is 2.52. The molecule has 0 atom stereocenters. The molecule has 1 rings (SSSR count). The van der Waals surface area contributed by atoms with Crippen LogP contribution in [0.5, 0.6) is 5.75 Å². The number of guanidine groups is 1. The summed E-state index contributed by atoms with van der Waals surface area (Å²) in [4.78, 5) is 6.44. The highest BCUT2D eigenvalue weighted by Crippen LogP contribution is 2.13. The molecule has 0 radical (unpaired) electrons. The van der Waals surface area contributed by atoms with E-state index in [9.17, 15) is 0 Å². The molecule has 0 bridgehead atoms. The SMILES string of the molecule is CCOc1ccc(CN(C)C(=NC)NCCCOC(C)C)cc1. The second-order valence-corrected chi connectivity index (χ2v) is 5.68. The number of nitrogens with one attached hydrogen (secondary N) is 1. The molecular weight excluding hydrogens is 290 g/mol. The molecular formula is C18H31N3O2. The Bertz CT molecular complexity index is 458. The summed E-state index contributed by atoms with van der Waals surface area (Å²) >= 11 is 0. The molecule has 130 valence electrons. The topological polar surface area (TPSA) is 46.1 Å². The predicted octanol–water partition coefficient (Wildman–Crippen LogP) is 2.91. The summed E-state index contributed by atoms with van der Waals surface area (Å²) in [6.07, 6.45) is 1.25. The van der Waals surface area contributed by atoms with E-state index in [4.69, 9.17) is 9.47 Å². The molecule has 5 nitrogen and oxygen atoms in total. The maximum atomic E-state index is 5.54. The van der Waals surface area contributed by atoms with E-state index in [1.807, 2.05) is 33.2 Å². The van der Waals surface area contributed by atoms with Gasteiger partial charge in [0, 0.05) is 33.8 Å². The van der Waals surface area contributed by atoms with Crippen LogP contribution in [0.2, 0.25) is 0 Å². The van der Waals surface area contributed by atoms with E-state index in [1.165, 1.54) is 5.56 Å². The van der Waals surface area contributed by atoms with Gasteiger partial charge in [-0.15, -0.1) is 0 Å². The summed E-state index contributed by atoms with van der Waals surface area (Å²) < 4.78 is 11.0. The molecule has 0 spiro atoms. The lowest BCUT2D eigenvalue weighted by molar-refractivity contribution is 0.0776. The molecule has 0 amide bonds. The van der Waals surface area contributed by atoms with Crippen molar-refractivity contribution in [3.8, 4) is 5.75 Å². The molecule has 1 aromatic carbocycles. The van der Waals surface area contributed by atoms with Crippen molar-refractivity contribution in [2.24, 2.45) is 4.99 Å². The molecule has 0 saturated heterocycles. The summed E-state index contributed by atoms with van der Waals surface area (Å²) in [5.41, 5.74) is 1.22. The van der Waals surface area contributed by atoms with Crippen molar-refractivity contribution < 1.29 is 9.47 Å². The fraction of sp³-hybridized carbons (Fsp3) is 0.611. The standard InChI is InChI=1S/C18H31N3O2/c1-6-22-17-10-8-16(9-11-17)14-21(5)18(19-4)20-12-7-13-23-15(2)3/h8-11,15H,6-7,12-14H2,1-5H3,(H,19,20). The average molecular weight is 321 g/mol. The zero-order valence-electron chi connectivity index (χ0n) is 15.1. The normalized spacial score (nSPS) is 11.7. The number of benzene rings is 1. The van der Waals surface area contributed by atoms with Crippen LogP contribution in [0.3, 0.4) is 0 Å². The monoisotopic (exact) mass is 321 g/mol. The Labute approximate surface area is 140 Å². The molecule has 0 aromatic heterocycles. The molecule has 0 aliphatic heterocycles. The molecule has 0 aliphatic carbocycles. The van der Waals surface area contributed by atoms with Crippen LogP contribution in [0.1, 0.15) is 32.8 Å². The van der Waals surface area contributed by atoms with Crippen LogP contribution >= 0.6 is 0 Å². The molecule has 5 heteroatoms. The Morgan fingerprint density at radius 3 is 2.52 bits per heavy atom. The van der Waals surface area contributed by atoms with Crippen molar-refractivity contribution in [2.75, 3.05) is 33.9 Å². The van der Waals surface area contributed by atoms with Gasteiger partial charge in [-0.25, -0.2) is 0 Å². The minimum atomic E-state index is 0.289. The van der Waals surface area contributed by atoms with Gasteiger partial charge in [0.1, 0.15) is 5.75 Å². The Balaban J connectivity index is 2.39. The maximum absolute atomic E-state index is 5.54. The first kappa shape index (κ1) is 19.3. The van der Waals surface area contributed by atoms with Gasteiger partial charge in [0.15, 0.2) is 5.96 Å². The van der Waals surface area contributed by atoms with Crippen molar-refractivity contribution in [3.05, 3.63) is 29.8 Å². The number of hydrogen-bond donors (Lipinski definition) is 1. The summed E-state index contributed by atoms with van der Waals surface area (Å²) in [5, 5.41) is 3.37. The van der Waals surface area contributed by atoms with Crippen LogP contribution in [0.4, 0.5) is 0 Å². The van der Waals surface area contributed by atoms with E-state index in [-0.39, 0.29) is 6.10 Å². The Morgan fingerprint density at radius 2 is 1.96 bits per heavy atom. The highest BCUT2D eigenvalue weighted by molar-refractivity contribution is 5.79. The van der Waals surface area contributed by atoms with Gasteiger partial charge in [-0.1, -0.05) is 12.1 Å². The van der Waals surface area contributed by atoms with Crippen LogP contribution in [0, 0.1) is 0 Å². The van der Waals surface area contributed by atoms with Gasteiger partial charge in [0.2, 0.25) is 0 Å². The second kappa shape index (κ2) is 10.9. The van der Waals surface area contributed by atoms with Crippen LogP contribution in [-0.4, -0.2) is 50.8 Å². The summed E-state index contributed by atoms with van der Waals surface area (Å²) in [5.74, 6) is 1.80. The molecule has 0 saturated carbocycles. The summed E-state index contributed by atoms with van der Waals surface area (Å²) in [6.45, 7) is 9.21. The van der Waals surface area contributed by atoms with E-state index < -0.39 is 0 Å². The first-order chi connectivity index (χ1) is 11.1. The Hall–Kier alpha value is -1.75. The molecule has 0 aliphatic rings. The largest absolute Gasteiger partial charge is 0.494 e. The summed E-state index contributed by atoms with van der Waals surface area (Å²) in [7, 11) is 3.85. The first-order valence-electron chi connectivity index (χ1n) is 8.32. The third-order valence-corrected chi connectivity index (χ3v) is 3.28. The number of aliphatic imine (C=N–C) groups is 1. The minimum Gasteiger partial charge on any atom is -0.494 e. The zero-order valence-corrected chi connectivity index (χ0v) is 15.1. The van der Waals surface area contributed by atoms with Crippen molar-refractivity contribution in [2.45, 2.75) is 39.8 Å². The van der Waals surface area contributed by atoms with Gasteiger partial charge in [0.05, 0.1) is 12.7 Å². The van der Waals surface area contributed by atoms with E-state index >= 15 is 0 Å². The molecule has 0 fully saturated rings. The lowest BCUT2D eigenvalue weighted by Crippen LogP contribution is -2.39. The van der Waals surface area contributed by atoms with Gasteiger partial charge in [0.25, 0.3) is 0 Å². The van der Waals surface area contributed by atoms with Crippen molar-refractivity contribution in [1.82, 2.24) is 10.2 Å².